The number of carbonyl (C=O) groups excluding carboxylic acids is 2. The summed E-state index contributed by atoms with van der Waals surface area (Å²) < 4.78 is 0. The van der Waals surface area contributed by atoms with Crippen molar-refractivity contribution < 1.29 is 14.5 Å². The van der Waals surface area contributed by atoms with Crippen molar-refractivity contribution in [3.05, 3.63) is 105 Å². The minimum absolute atomic E-state index is 0.0907. The number of non-ortho nitro benzene ring substituents is 1. The Morgan fingerprint density at radius 1 is 0.909 bits per heavy atom. The lowest BCUT2D eigenvalue weighted by Gasteiger charge is -2.18. The molecule has 1 N–H and O–H groups in total. The van der Waals surface area contributed by atoms with Gasteiger partial charge in [-0.05, 0) is 67.3 Å². The molecule has 166 valence electrons. The van der Waals surface area contributed by atoms with Crippen LogP contribution in [-0.2, 0) is 16.0 Å². The van der Waals surface area contributed by atoms with Crippen LogP contribution in [0.4, 0.5) is 17.1 Å². The second kappa shape index (κ2) is 8.70. The van der Waals surface area contributed by atoms with Gasteiger partial charge in [0.1, 0.15) is 5.70 Å². The predicted molar refractivity (Wildman–Crippen MR) is 128 cm³/mol. The van der Waals surface area contributed by atoms with E-state index < -0.39 is 16.7 Å². The van der Waals surface area contributed by atoms with Gasteiger partial charge < -0.3 is 5.32 Å². The summed E-state index contributed by atoms with van der Waals surface area (Å²) in [6.45, 7) is 5.85. The summed E-state index contributed by atoms with van der Waals surface area (Å²) in [7, 11) is 0. The molecule has 0 aliphatic carbocycles. The van der Waals surface area contributed by atoms with Gasteiger partial charge in [0.05, 0.1) is 16.2 Å². The van der Waals surface area contributed by atoms with E-state index in [1.54, 1.807) is 6.07 Å². The van der Waals surface area contributed by atoms with Crippen LogP contribution in [0.1, 0.15) is 29.2 Å². The van der Waals surface area contributed by atoms with Crippen molar-refractivity contribution in [2.75, 3.05) is 10.2 Å². The van der Waals surface area contributed by atoms with Crippen molar-refractivity contribution in [3.63, 3.8) is 0 Å². The number of hydrogen-bond donors (Lipinski definition) is 1. The van der Waals surface area contributed by atoms with E-state index in [0.29, 0.717) is 16.9 Å². The maximum Gasteiger partial charge on any atom is 0.282 e. The lowest BCUT2D eigenvalue weighted by Crippen LogP contribution is -2.33. The van der Waals surface area contributed by atoms with Gasteiger partial charge >= 0.3 is 0 Å². The fraction of sp³-hybridized carbons (Fsp3) is 0.154. The highest BCUT2D eigenvalue weighted by Gasteiger charge is 2.41. The van der Waals surface area contributed by atoms with Gasteiger partial charge in [-0.25, -0.2) is 4.90 Å². The fourth-order valence-corrected chi connectivity index (χ4v) is 3.91. The first-order valence-corrected chi connectivity index (χ1v) is 10.6. The quantitative estimate of drug-likeness (QED) is 0.324. The highest BCUT2D eigenvalue weighted by atomic mass is 16.6. The highest BCUT2D eigenvalue weighted by molar-refractivity contribution is 6.46. The number of amides is 2. The van der Waals surface area contributed by atoms with Gasteiger partial charge in [-0.3, -0.25) is 19.7 Å². The van der Waals surface area contributed by atoms with Crippen LogP contribution in [0, 0.1) is 24.0 Å². The summed E-state index contributed by atoms with van der Waals surface area (Å²) in [6, 6.07) is 18.8. The Bertz CT molecular complexity index is 1290. The number of anilines is 2. The summed E-state index contributed by atoms with van der Waals surface area (Å²) in [5, 5.41) is 14.2. The van der Waals surface area contributed by atoms with Crippen molar-refractivity contribution in [1.82, 2.24) is 0 Å². The molecule has 0 spiro atoms. The average Bonchev–Trinajstić information content (AvgIpc) is 3.04. The molecule has 0 saturated heterocycles. The molecule has 2 amide bonds. The van der Waals surface area contributed by atoms with Crippen LogP contribution >= 0.6 is 0 Å². The van der Waals surface area contributed by atoms with Gasteiger partial charge in [0.15, 0.2) is 0 Å². The number of carbonyl (C=O) groups is 2. The Hall–Kier alpha value is -4.26. The normalized spacial score (nSPS) is 13.6. The van der Waals surface area contributed by atoms with Gasteiger partial charge in [0.25, 0.3) is 17.5 Å². The van der Waals surface area contributed by atoms with Crippen molar-refractivity contribution in [3.8, 4) is 0 Å². The van der Waals surface area contributed by atoms with E-state index in [1.165, 1.54) is 24.3 Å². The van der Waals surface area contributed by atoms with E-state index in [1.807, 2.05) is 50.2 Å². The molecule has 1 heterocycles. The van der Waals surface area contributed by atoms with Crippen molar-refractivity contribution in [1.29, 1.82) is 0 Å². The number of hydrogen-bond acceptors (Lipinski definition) is 5. The number of aryl methyl sites for hydroxylation is 3. The maximum atomic E-state index is 13.5. The molecule has 0 fully saturated rings. The molecule has 1 aliphatic heterocycles. The number of nitro groups is 1. The highest BCUT2D eigenvalue weighted by Crippen LogP contribution is 2.35. The molecule has 0 unspecified atom stereocenters. The van der Waals surface area contributed by atoms with E-state index in [-0.39, 0.29) is 17.0 Å². The van der Waals surface area contributed by atoms with E-state index in [4.69, 9.17) is 0 Å². The Balaban J connectivity index is 1.81. The van der Waals surface area contributed by atoms with Crippen molar-refractivity contribution >= 4 is 34.4 Å². The number of nitro benzene ring substituents is 1. The Kier molecular flexibility index (Phi) is 5.79. The monoisotopic (exact) mass is 441 g/mol. The fourth-order valence-electron chi connectivity index (χ4n) is 3.91. The molecule has 0 atom stereocenters. The zero-order valence-electron chi connectivity index (χ0n) is 18.6. The summed E-state index contributed by atoms with van der Waals surface area (Å²) in [5.41, 5.74) is 4.80. The zero-order chi connectivity index (χ0) is 23.7. The minimum Gasteiger partial charge on any atom is -0.350 e. The Morgan fingerprint density at radius 3 is 2.15 bits per heavy atom. The molecule has 4 rings (SSSR count). The van der Waals surface area contributed by atoms with Crippen LogP contribution in [0.5, 0.6) is 0 Å². The number of nitrogens with one attached hydrogen (secondary N) is 1. The molecule has 0 saturated carbocycles. The second-order valence-corrected chi connectivity index (χ2v) is 7.97. The third-order valence-electron chi connectivity index (χ3n) is 5.68. The first-order valence-electron chi connectivity index (χ1n) is 10.6. The molecule has 0 radical (unpaired) electrons. The zero-order valence-corrected chi connectivity index (χ0v) is 18.6. The molecule has 7 heteroatoms. The minimum atomic E-state index is -0.504. The van der Waals surface area contributed by atoms with Crippen LogP contribution in [-0.4, -0.2) is 16.7 Å². The van der Waals surface area contributed by atoms with Crippen LogP contribution in [0.15, 0.2) is 72.4 Å². The number of nitrogens with zero attached hydrogens (tertiary/aromatic N) is 2. The smallest absolute Gasteiger partial charge is 0.282 e. The molecule has 1 aliphatic rings. The van der Waals surface area contributed by atoms with Gasteiger partial charge in [-0.2, -0.15) is 0 Å². The summed E-state index contributed by atoms with van der Waals surface area (Å²) in [5.74, 6) is -0.951. The number of rotatable bonds is 6. The second-order valence-electron chi connectivity index (χ2n) is 7.97. The molecular formula is C26H23N3O4. The molecule has 0 bridgehead atoms. The average molecular weight is 441 g/mol. The first-order chi connectivity index (χ1) is 15.8. The molecular weight excluding hydrogens is 418 g/mol. The summed E-state index contributed by atoms with van der Waals surface area (Å²) in [6.07, 6.45) is 0.884. The van der Waals surface area contributed by atoms with Crippen molar-refractivity contribution in [2.45, 2.75) is 27.2 Å². The lowest BCUT2D eigenvalue weighted by atomic mass is 10.0. The van der Waals surface area contributed by atoms with Gasteiger partial charge in [0.2, 0.25) is 0 Å². The third kappa shape index (κ3) is 4.13. The van der Waals surface area contributed by atoms with Gasteiger partial charge in [-0.15, -0.1) is 0 Å². The van der Waals surface area contributed by atoms with E-state index in [9.17, 15) is 19.7 Å². The van der Waals surface area contributed by atoms with Gasteiger partial charge in [-0.1, -0.05) is 36.8 Å². The Morgan fingerprint density at radius 2 is 1.58 bits per heavy atom. The SMILES string of the molecule is CCc1ccc(NC2=C(c3ccc([N+](=O)[O-])cc3)C(=O)N(c3ccc(C)cc3C)C2=O)cc1. The molecule has 33 heavy (non-hydrogen) atoms. The van der Waals surface area contributed by atoms with Crippen molar-refractivity contribution in [2.24, 2.45) is 0 Å². The maximum absolute atomic E-state index is 13.5. The van der Waals surface area contributed by atoms with E-state index in [2.05, 4.69) is 12.2 Å². The standard InChI is InChI=1S/C26H23N3O4/c1-4-18-6-10-20(11-7-18)27-24-23(19-8-12-21(13-9-19)29(32)33)25(30)28(26(24)31)22-14-5-16(2)15-17(22)3/h5-15,27H,4H2,1-3H3. The number of imide groups is 1. The summed E-state index contributed by atoms with van der Waals surface area (Å²) >= 11 is 0. The van der Waals surface area contributed by atoms with Gasteiger partial charge in [0, 0.05) is 17.8 Å². The third-order valence-corrected chi connectivity index (χ3v) is 5.68. The van der Waals surface area contributed by atoms with Crippen LogP contribution in [0.3, 0.4) is 0 Å². The molecule has 0 aromatic heterocycles. The predicted octanol–water partition coefficient (Wildman–Crippen LogP) is 5.17. The Labute approximate surface area is 191 Å². The molecule has 3 aromatic carbocycles. The van der Waals surface area contributed by atoms with E-state index >= 15 is 0 Å². The topological polar surface area (TPSA) is 92.6 Å². The van der Waals surface area contributed by atoms with Crippen LogP contribution in [0.25, 0.3) is 5.57 Å². The number of benzene rings is 3. The van der Waals surface area contributed by atoms with Crippen LogP contribution in [0.2, 0.25) is 0 Å². The molecule has 7 nitrogen and oxygen atoms in total. The molecule has 3 aromatic rings. The summed E-state index contributed by atoms with van der Waals surface area (Å²) in [4.78, 5) is 38.8. The lowest BCUT2D eigenvalue weighted by molar-refractivity contribution is -0.384. The largest absolute Gasteiger partial charge is 0.350 e. The first kappa shape index (κ1) is 22.0. The van der Waals surface area contributed by atoms with Crippen LogP contribution < -0.4 is 10.2 Å². The van der Waals surface area contributed by atoms with E-state index in [0.717, 1.165) is 28.0 Å².